The van der Waals surface area contributed by atoms with E-state index in [-0.39, 0.29) is 30.3 Å². The Kier molecular flexibility index (Phi) is 9.08. The molecule has 1 aliphatic heterocycles. The first kappa shape index (κ1) is 27.6. The molecule has 1 aliphatic carbocycles. The lowest BCUT2D eigenvalue weighted by atomic mass is 9.86. The van der Waals surface area contributed by atoms with E-state index in [4.69, 9.17) is 19.3 Å². The highest BCUT2D eigenvalue weighted by Gasteiger charge is 2.49. The molecule has 2 N–H and O–H groups in total. The molecule has 2 aliphatic rings. The lowest BCUT2D eigenvalue weighted by Crippen LogP contribution is -2.30. The SMILES string of the molecule is CC#CC[C@H](C)[C@@H](/C=C/[C@@H]1[C@H]2c3cccc(CCCC(=O)O)c3O[C@H]2C[C@H]1O)OC(=O)OC(C)(C)C. The molecule has 1 aromatic rings. The quantitative estimate of drug-likeness (QED) is 0.272. The largest absolute Gasteiger partial charge is 0.509 e. The van der Waals surface area contributed by atoms with Crippen molar-refractivity contribution in [1.29, 1.82) is 0 Å². The Morgan fingerprint density at radius 3 is 2.72 bits per heavy atom. The van der Waals surface area contributed by atoms with Gasteiger partial charge in [0.25, 0.3) is 0 Å². The third-order valence-corrected chi connectivity index (χ3v) is 6.63. The minimum Gasteiger partial charge on any atom is -0.489 e. The van der Waals surface area contributed by atoms with E-state index in [9.17, 15) is 14.7 Å². The number of carboxylic acids is 1. The summed E-state index contributed by atoms with van der Waals surface area (Å²) in [5.41, 5.74) is 1.37. The van der Waals surface area contributed by atoms with E-state index in [1.165, 1.54) is 0 Å². The monoisotopic (exact) mass is 498 g/mol. The molecule has 0 spiro atoms. The van der Waals surface area contributed by atoms with Crippen molar-refractivity contribution in [2.45, 2.75) is 96.6 Å². The molecule has 1 aromatic carbocycles. The summed E-state index contributed by atoms with van der Waals surface area (Å²) >= 11 is 0. The number of aliphatic hydroxyl groups is 1. The van der Waals surface area contributed by atoms with E-state index in [2.05, 4.69) is 11.8 Å². The van der Waals surface area contributed by atoms with Gasteiger partial charge in [0.2, 0.25) is 0 Å². The zero-order valence-electron chi connectivity index (χ0n) is 21.8. The summed E-state index contributed by atoms with van der Waals surface area (Å²) in [5, 5.41) is 19.8. The number of carboxylic acid groups (broad SMARTS) is 1. The van der Waals surface area contributed by atoms with Crippen LogP contribution in [0.1, 0.15) is 77.3 Å². The van der Waals surface area contributed by atoms with Crippen molar-refractivity contribution in [3.05, 3.63) is 41.5 Å². The van der Waals surface area contributed by atoms with E-state index < -0.39 is 29.9 Å². The van der Waals surface area contributed by atoms with Crippen LogP contribution >= 0.6 is 0 Å². The molecular formula is C29H38O7. The summed E-state index contributed by atoms with van der Waals surface area (Å²) in [7, 11) is 0. The van der Waals surface area contributed by atoms with E-state index in [0.29, 0.717) is 25.7 Å². The number of carbonyl (C=O) groups excluding carboxylic acids is 1. The maximum Gasteiger partial charge on any atom is 0.509 e. The number of benzene rings is 1. The number of aliphatic hydroxyl groups excluding tert-OH is 1. The molecule has 0 aromatic heterocycles. The Balaban J connectivity index is 1.80. The van der Waals surface area contributed by atoms with Gasteiger partial charge in [-0.25, -0.2) is 4.79 Å². The Hall–Kier alpha value is -2.98. The average molecular weight is 499 g/mol. The molecule has 7 nitrogen and oxygen atoms in total. The number of hydrogen-bond acceptors (Lipinski definition) is 6. The molecule has 1 fully saturated rings. The molecule has 6 atom stereocenters. The van der Waals surface area contributed by atoms with Crippen LogP contribution in [0.4, 0.5) is 4.79 Å². The van der Waals surface area contributed by atoms with Crippen LogP contribution in [0, 0.1) is 23.7 Å². The lowest BCUT2D eigenvalue weighted by molar-refractivity contribution is -0.137. The highest BCUT2D eigenvalue weighted by atomic mass is 16.7. The second-order valence-electron chi connectivity index (χ2n) is 10.7. The van der Waals surface area contributed by atoms with Crippen molar-refractivity contribution in [2.75, 3.05) is 0 Å². The van der Waals surface area contributed by atoms with E-state index in [0.717, 1.165) is 16.9 Å². The molecule has 0 saturated heterocycles. The molecule has 0 unspecified atom stereocenters. The van der Waals surface area contributed by atoms with Gasteiger partial charge in [-0.05, 0) is 52.2 Å². The third-order valence-electron chi connectivity index (χ3n) is 6.63. The first-order valence-corrected chi connectivity index (χ1v) is 12.7. The summed E-state index contributed by atoms with van der Waals surface area (Å²) in [5.74, 6) is 5.63. The second-order valence-corrected chi connectivity index (χ2v) is 10.7. The number of carbonyl (C=O) groups is 2. The molecule has 1 saturated carbocycles. The van der Waals surface area contributed by atoms with Gasteiger partial charge in [-0.1, -0.05) is 31.2 Å². The first-order chi connectivity index (χ1) is 17.0. The Morgan fingerprint density at radius 1 is 1.31 bits per heavy atom. The number of ether oxygens (including phenoxy) is 3. The van der Waals surface area contributed by atoms with Crippen molar-refractivity contribution in [1.82, 2.24) is 0 Å². The van der Waals surface area contributed by atoms with Gasteiger partial charge in [0.1, 0.15) is 23.6 Å². The molecule has 1 heterocycles. The van der Waals surface area contributed by atoms with Crippen molar-refractivity contribution < 1.29 is 34.0 Å². The number of fused-ring (bicyclic) bond motifs is 3. The Labute approximate surface area is 213 Å². The average Bonchev–Trinajstić information content (AvgIpc) is 3.28. The third kappa shape index (κ3) is 7.04. The van der Waals surface area contributed by atoms with Crippen LogP contribution in [0.3, 0.4) is 0 Å². The van der Waals surface area contributed by atoms with Crippen LogP contribution in [0.25, 0.3) is 0 Å². The molecule has 196 valence electrons. The van der Waals surface area contributed by atoms with Gasteiger partial charge in [0.15, 0.2) is 0 Å². The van der Waals surface area contributed by atoms with Gasteiger partial charge < -0.3 is 24.4 Å². The molecule has 3 rings (SSSR count). The van der Waals surface area contributed by atoms with Crippen LogP contribution in [0.15, 0.2) is 30.4 Å². The van der Waals surface area contributed by atoms with E-state index in [1.807, 2.05) is 37.3 Å². The van der Waals surface area contributed by atoms with Gasteiger partial charge in [-0.15, -0.1) is 11.8 Å². The van der Waals surface area contributed by atoms with Crippen LogP contribution in [-0.2, 0) is 20.7 Å². The maximum absolute atomic E-state index is 12.4. The molecule has 7 heteroatoms. The van der Waals surface area contributed by atoms with Gasteiger partial charge in [-0.2, -0.15) is 0 Å². The fraction of sp³-hybridized carbons (Fsp3) is 0.586. The fourth-order valence-corrected chi connectivity index (χ4v) is 4.94. The van der Waals surface area contributed by atoms with Crippen molar-refractivity contribution >= 4 is 12.1 Å². The predicted octanol–water partition coefficient (Wildman–Crippen LogP) is 5.25. The van der Waals surface area contributed by atoms with Gasteiger partial charge in [-0.3, -0.25) is 4.79 Å². The van der Waals surface area contributed by atoms with Crippen LogP contribution in [-0.4, -0.2) is 46.3 Å². The summed E-state index contributed by atoms with van der Waals surface area (Å²) in [6.07, 6.45) is 4.07. The molecule has 0 bridgehead atoms. The number of para-hydroxylation sites is 1. The minimum atomic E-state index is -0.809. The van der Waals surface area contributed by atoms with Gasteiger partial charge in [0.05, 0.1) is 6.10 Å². The predicted molar refractivity (Wildman–Crippen MR) is 136 cm³/mol. The van der Waals surface area contributed by atoms with Gasteiger partial charge >= 0.3 is 12.1 Å². The van der Waals surface area contributed by atoms with E-state index >= 15 is 0 Å². The summed E-state index contributed by atoms with van der Waals surface area (Å²) in [6.45, 7) is 9.10. The zero-order chi connectivity index (χ0) is 26.5. The van der Waals surface area contributed by atoms with Crippen molar-refractivity contribution in [3.63, 3.8) is 0 Å². The summed E-state index contributed by atoms with van der Waals surface area (Å²) in [4.78, 5) is 23.3. The molecule has 0 amide bonds. The number of hydrogen-bond donors (Lipinski definition) is 2. The number of rotatable bonds is 9. The van der Waals surface area contributed by atoms with Crippen LogP contribution < -0.4 is 4.74 Å². The Bertz CT molecular complexity index is 1030. The first-order valence-electron chi connectivity index (χ1n) is 12.7. The topological polar surface area (TPSA) is 102 Å². The smallest absolute Gasteiger partial charge is 0.489 e. The fourth-order valence-electron chi connectivity index (χ4n) is 4.94. The highest BCUT2D eigenvalue weighted by molar-refractivity contribution is 5.66. The van der Waals surface area contributed by atoms with Crippen LogP contribution in [0.2, 0.25) is 0 Å². The van der Waals surface area contributed by atoms with Crippen LogP contribution in [0.5, 0.6) is 5.75 Å². The van der Waals surface area contributed by atoms with Crippen molar-refractivity contribution in [2.24, 2.45) is 11.8 Å². The van der Waals surface area contributed by atoms with Gasteiger partial charge in [0, 0.05) is 42.6 Å². The summed E-state index contributed by atoms with van der Waals surface area (Å²) in [6, 6.07) is 5.96. The zero-order valence-corrected chi connectivity index (χ0v) is 21.8. The van der Waals surface area contributed by atoms with E-state index in [1.54, 1.807) is 27.7 Å². The lowest BCUT2D eigenvalue weighted by Gasteiger charge is -2.24. The van der Waals surface area contributed by atoms with Crippen molar-refractivity contribution in [3.8, 4) is 17.6 Å². The summed E-state index contributed by atoms with van der Waals surface area (Å²) < 4.78 is 17.3. The second kappa shape index (κ2) is 11.8. The normalized spacial score (nSPS) is 24.2. The molecular weight excluding hydrogens is 460 g/mol. The number of aryl methyl sites for hydroxylation is 1. The standard InChI is InChI=1S/C29H38O7/c1-6-7-10-18(2)23(35-28(33)36-29(3,4)5)16-15-20-22(30)17-24-26(20)21-13-8-11-19(27(21)34-24)12-9-14-25(31)32/h8,11,13,15-16,18,20,22-24,26,30H,9-10,12,14,17H2,1-5H3,(H,31,32)/b16-15+/t18-,20-,22+,23+,24-,26-/m0/s1. The minimum absolute atomic E-state index is 0.0291. The number of aliphatic carboxylic acids is 1. The highest BCUT2D eigenvalue weighted by Crippen LogP contribution is 2.52. The Morgan fingerprint density at radius 2 is 2.06 bits per heavy atom. The maximum atomic E-state index is 12.4. The molecule has 0 radical (unpaired) electrons. The molecule has 36 heavy (non-hydrogen) atoms.